The summed E-state index contributed by atoms with van der Waals surface area (Å²) in [4.78, 5) is 29.8. The molecule has 0 aromatic carbocycles. The van der Waals surface area contributed by atoms with Gasteiger partial charge in [0, 0.05) is 19.5 Å². The second kappa shape index (κ2) is 5.84. The number of rotatable bonds is 5. The van der Waals surface area contributed by atoms with Gasteiger partial charge in [-0.2, -0.15) is 0 Å². The fourth-order valence-corrected chi connectivity index (χ4v) is 1.79. The summed E-state index contributed by atoms with van der Waals surface area (Å²) in [6.07, 6.45) is 0.297. The number of hydroxylamine groups is 1. The van der Waals surface area contributed by atoms with E-state index < -0.39 is 0 Å². The third-order valence-corrected chi connectivity index (χ3v) is 2.49. The van der Waals surface area contributed by atoms with E-state index in [9.17, 15) is 9.59 Å². The van der Waals surface area contributed by atoms with Crippen molar-refractivity contribution < 1.29 is 14.4 Å². The largest absolute Gasteiger partial charge is 0.342 e. The first-order chi connectivity index (χ1) is 7.54. The van der Waals surface area contributed by atoms with Crippen LogP contribution in [0.4, 0.5) is 0 Å². The maximum atomic E-state index is 11.6. The van der Waals surface area contributed by atoms with Crippen molar-refractivity contribution in [2.45, 2.75) is 27.2 Å². The third kappa shape index (κ3) is 3.48. The molecule has 0 spiro atoms. The number of carbonyl (C=O) groups excluding carboxylic acids is 2. The second-order valence-corrected chi connectivity index (χ2v) is 4.49. The van der Waals surface area contributed by atoms with Crippen molar-refractivity contribution in [2.24, 2.45) is 11.8 Å². The highest BCUT2D eigenvalue weighted by atomic mass is 16.6. The predicted molar refractivity (Wildman–Crippen MR) is 59.3 cm³/mol. The van der Waals surface area contributed by atoms with Crippen molar-refractivity contribution in [2.75, 3.05) is 19.7 Å². The zero-order chi connectivity index (χ0) is 12.1. The van der Waals surface area contributed by atoms with Crippen molar-refractivity contribution >= 4 is 11.8 Å². The Labute approximate surface area is 96.1 Å². The Morgan fingerprint density at radius 2 is 2.31 bits per heavy atom. The van der Waals surface area contributed by atoms with Crippen LogP contribution in [0.1, 0.15) is 27.2 Å². The number of nitrogens with zero attached hydrogens (tertiary/aromatic N) is 1. The normalized spacial score (nSPS) is 20.6. The van der Waals surface area contributed by atoms with Gasteiger partial charge in [0.1, 0.15) is 0 Å². The molecule has 92 valence electrons. The lowest BCUT2D eigenvalue weighted by Gasteiger charge is -2.18. The summed E-state index contributed by atoms with van der Waals surface area (Å²) in [5.41, 5.74) is 2.35. The molecule has 1 heterocycles. The lowest BCUT2D eigenvalue weighted by atomic mass is 10.1. The average molecular weight is 228 g/mol. The molecule has 5 heteroatoms. The van der Waals surface area contributed by atoms with Gasteiger partial charge in [0.15, 0.2) is 0 Å². The van der Waals surface area contributed by atoms with Crippen LogP contribution in [0, 0.1) is 11.8 Å². The smallest absolute Gasteiger partial charge is 0.248 e. The summed E-state index contributed by atoms with van der Waals surface area (Å²) in [7, 11) is 0. The van der Waals surface area contributed by atoms with E-state index in [1.807, 2.05) is 0 Å². The first-order valence-electron chi connectivity index (χ1n) is 5.74. The van der Waals surface area contributed by atoms with Crippen molar-refractivity contribution in [3.05, 3.63) is 0 Å². The lowest BCUT2D eigenvalue weighted by Crippen LogP contribution is -2.34. The Balaban J connectivity index is 2.43. The molecule has 1 aliphatic heterocycles. The van der Waals surface area contributed by atoms with E-state index in [-0.39, 0.29) is 17.7 Å². The summed E-state index contributed by atoms with van der Waals surface area (Å²) >= 11 is 0. The third-order valence-electron chi connectivity index (χ3n) is 2.49. The molecule has 0 aromatic rings. The Morgan fingerprint density at radius 1 is 1.62 bits per heavy atom. The number of amides is 2. The predicted octanol–water partition coefficient (Wildman–Crippen LogP) is 0.559. The van der Waals surface area contributed by atoms with Crippen LogP contribution in [-0.4, -0.2) is 36.4 Å². The molecule has 2 amide bonds. The van der Waals surface area contributed by atoms with Crippen LogP contribution < -0.4 is 5.48 Å². The van der Waals surface area contributed by atoms with Crippen LogP contribution in [0.25, 0.3) is 0 Å². The number of hydrogen-bond donors (Lipinski definition) is 1. The molecule has 1 unspecified atom stereocenters. The highest BCUT2D eigenvalue weighted by Crippen LogP contribution is 2.18. The monoisotopic (exact) mass is 228 g/mol. The van der Waals surface area contributed by atoms with Gasteiger partial charge in [-0.05, 0) is 12.8 Å². The summed E-state index contributed by atoms with van der Waals surface area (Å²) in [5, 5.41) is 0. The molecule has 0 aliphatic carbocycles. The average Bonchev–Trinajstić information content (AvgIpc) is 2.56. The van der Waals surface area contributed by atoms with E-state index in [0.717, 1.165) is 6.54 Å². The Hall–Kier alpha value is -1.10. The maximum Gasteiger partial charge on any atom is 0.248 e. The van der Waals surface area contributed by atoms with E-state index in [4.69, 9.17) is 4.84 Å². The quantitative estimate of drug-likeness (QED) is 0.699. The Morgan fingerprint density at radius 3 is 2.88 bits per heavy atom. The van der Waals surface area contributed by atoms with E-state index in [1.165, 1.54) is 0 Å². The molecule has 0 saturated carbocycles. The Bertz CT molecular complexity index is 266. The summed E-state index contributed by atoms with van der Waals surface area (Å²) < 4.78 is 0. The Kier molecular flexibility index (Phi) is 4.73. The minimum absolute atomic E-state index is 0.0605. The van der Waals surface area contributed by atoms with Crippen molar-refractivity contribution in [3.63, 3.8) is 0 Å². The molecule has 16 heavy (non-hydrogen) atoms. The second-order valence-electron chi connectivity index (χ2n) is 4.49. The van der Waals surface area contributed by atoms with E-state index in [1.54, 1.807) is 11.8 Å². The molecular formula is C11H20N2O3. The van der Waals surface area contributed by atoms with Gasteiger partial charge < -0.3 is 4.90 Å². The molecule has 1 rings (SSSR count). The van der Waals surface area contributed by atoms with Crippen molar-refractivity contribution in [1.82, 2.24) is 10.4 Å². The molecule has 1 N–H and O–H groups in total. The van der Waals surface area contributed by atoms with Gasteiger partial charge in [-0.15, -0.1) is 0 Å². The van der Waals surface area contributed by atoms with Crippen LogP contribution >= 0.6 is 0 Å². The zero-order valence-electron chi connectivity index (χ0n) is 10.2. The van der Waals surface area contributed by atoms with E-state index in [2.05, 4.69) is 19.3 Å². The summed E-state index contributed by atoms with van der Waals surface area (Å²) in [6, 6.07) is 0. The van der Waals surface area contributed by atoms with E-state index >= 15 is 0 Å². The van der Waals surface area contributed by atoms with Gasteiger partial charge in [0.2, 0.25) is 11.8 Å². The molecule has 1 aliphatic rings. The highest BCUT2D eigenvalue weighted by Gasteiger charge is 2.34. The molecule has 0 radical (unpaired) electrons. The minimum atomic E-state index is -0.266. The first kappa shape index (κ1) is 13.0. The number of carbonyl (C=O) groups is 2. The van der Waals surface area contributed by atoms with Crippen molar-refractivity contribution in [1.29, 1.82) is 0 Å². The van der Waals surface area contributed by atoms with Crippen molar-refractivity contribution in [3.8, 4) is 0 Å². The zero-order valence-corrected chi connectivity index (χ0v) is 10.2. The topological polar surface area (TPSA) is 58.6 Å². The van der Waals surface area contributed by atoms with E-state index in [0.29, 0.717) is 25.5 Å². The molecule has 1 fully saturated rings. The van der Waals surface area contributed by atoms with Crippen LogP contribution in [0.3, 0.4) is 0 Å². The van der Waals surface area contributed by atoms with Gasteiger partial charge >= 0.3 is 0 Å². The number of hydrogen-bond acceptors (Lipinski definition) is 3. The molecule has 1 atom stereocenters. The fraction of sp³-hybridized carbons (Fsp3) is 0.818. The van der Waals surface area contributed by atoms with Gasteiger partial charge in [0.25, 0.3) is 0 Å². The summed E-state index contributed by atoms with van der Waals surface area (Å²) in [6.45, 7) is 7.57. The van der Waals surface area contributed by atoms with Crippen LogP contribution in [0.5, 0.6) is 0 Å². The number of likely N-dealkylation sites (tertiary alicyclic amines) is 1. The molecule has 0 aromatic heterocycles. The van der Waals surface area contributed by atoms with Gasteiger partial charge in [0.05, 0.1) is 12.5 Å². The van der Waals surface area contributed by atoms with Crippen LogP contribution in [0.15, 0.2) is 0 Å². The first-order valence-corrected chi connectivity index (χ1v) is 5.74. The molecular weight excluding hydrogens is 208 g/mol. The maximum absolute atomic E-state index is 11.6. The van der Waals surface area contributed by atoms with Gasteiger partial charge in [-0.3, -0.25) is 14.4 Å². The molecule has 0 bridgehead atoms. The minimum Gasteiger partial charge on any atom is -0.342 e. The van der Waals surface area contributed by atoms with Crippen LogP contribution in [-0.2, 0) is 14.4 Å². The highest BCUT2D eigenvalue weighted by molar-refractivity contribution is 5.88. The molecule has 5 nitrogen and oxygen atoms in total. The lowest BCUT2D eigenvalue weighted by molar-refractivity contribution is -0.137. The van der Waals surface area contributed by atoms with Crippen LogP contribution in [0.2, 0.25) is 0 Å². The SMILES string of the molecule is CCONC(=O)C1CC(=O)N(CC(C)C)C1. The number of nitrogens with one attached hydrogen (secondary N) is 1. The summed E-state index contributed by atoms with van der Waals surface area (Å²) in [5.74, 6) is 0.0299. The molecule has 1 saturated heterocycles. The van der Waals surface area contributed by atoms with Gasteiger partial charge in [-0.1, -0.05) is 13.8 Å². The van der Waals surface area contributed by atoms with Gasteiger partial charge in [-0.25, -0.2) is 5.48 Å². The fourth-order valence-electron chi connectivity index (χ4n) is 1.79. The standard InChI is InChI=1S/C11H20N2O3/c1-4-16-12-11(15)9-5-10(14)13(7-9)6-8(2)3/h8-9H,4-7H2,1-3H3,(H,12,15).